The molecule has 0 bridgehead atoms. The molecule has 2 aromatic heterocycles. The number of halogens is 1. The Kier molecular flexibility index (Phi) is 5.51. The zero-order chi connectivity index (χ0) is 18.7. The van der Waals surface area contributed by atoms with Crippen LogP contribution in [0.1, 0.15) is 35.0 Å². The van der Waals surface area contributed by atoms with Crippen molar-refractivity contribution in [3.05, 3.63) is 40.4 Å². The smallest absolute Gasteiger partial charge is 0.265 e. The molecular weight excluding hydrogens is 353 g/mol. The van der Waals surface area contributed by atoms with Crippen LogP contribution in [0.3, 0.4) is 0 Å². The lowest BCUT2D eigenvalue weighted by molar-refractivity contribution is 0.0769. The largest absolute Gasteiger partial charge is 0.362 e. The SMILES string of the molecule is CCNc1nc(C)c(C(=O)N(CC)CCc2nc3ccc(F)cc3[nH]2)s1. The molecule has 0 aliphatic carbocycles. The number of carbonyl (C=O) groups is 1. The Hall–Kier alpha value is -2.48. The van der Waals surface area contributed by atoms with Gasteiger partial charge in [0.05, 0.1) is 16.7 Å². The number of carbonyl (C=O) groups excluding carboxylic acids is 1. The Morgan fingerprint density at radius 1 is 1.35 bits per heavy atom. The fourth-order valence-electron chi connectivity index (χ4n) is 2.76. The third kappa shape index (κ3) is 3.85. The molecule has 0 spiro atoms. The number of aryl methyl sites for hydroxylation is 1. The van der Waals surface area contributed by atoms with Gasteiger partial charge < -0.3 is 15.2 Å². The Labute approximate surface area is 155 Å². The lowest BCUT2D eigenvalue weighted by atomic mass is 10.3. The summed E-state index contributed by atoms with van der Waals surface area (Å²) in [7, 11) is 0. The summed E-state index contributed by atoms with van der Waals surface area (Å²) >= 11 is 1.38. The first-order valence-electron chi connectivity index (χ1n) is 8.66. The molecule has 138 valence electrons. The van der Waals surface area contributed by atoms with Crippen LogP contribution in [0.2, 0.25) is 0 Å². The number of amides is 1. The molecule has 1 amide bonds. The van der Waals surface area contributed by atoms with Crippen molar-refractivity contribution in [1.82, 2.24) is 19.9 Å². The van der Waals surface area contributed by atoms with E-state index in [1.165, 1.54) is 23.5 Å². The second kappa shape index (κ2) is 7.82. The first kappa shape index (κ1) is 18.3. The number of thiazole rings is 1. The van der Waals surface area contributed by atoms with Gasteiger partial charge in [0, 0.05) is 26.1 Å². The molecular formula is C18H22FN5OS. The third-order valence-corrected chi connectivity index (χ3v) is 5.20. The number of likely N-dealkylation sites (N-methyl/N-ethyl adjacent to an activating group) is 1. The zero-order valence-electron chi connectivity index (χ0n) is 15.1. The number of H-pyrrole nitrogens is 1. The normalized spacial score (nSPS) is 11.1. The van der Waals surface area contributed by atoms with Crippen LogP contribution in [-0.2, 0) is 6.42 Å². The van der Waals surface area contributed by atoms with Crippen molar-refractivity contribution in [2.24, 2.45) is 0 Å². The lowest BCUT2D eigenvalue weighted by Crippen LogP contribution is -2.32. The lowest BCUT2D eigenvalue weighted by Gasteiger charge is -2.19. The number of fused-ring (bicyclic) bond motifs is 1. The van der Waals surface area contributed by atoms with Gasteiger partial charge in [-0.05, 0) is 39.0 Å². The quantitative estimate of drug-likeness (QED) is 0.662. The van der Waals surface area contributed by atoms with Crippen LogP contribution >= 0.6 is 11.3 Å². The predicted octanol–water partition coefficient (Wildman–Crippen LogP) is 3.60. The van der Waals surface area contributed by atoms with Gasteiger partial charge in [-0.1, -0.05) is 11.3 Å². The fourth-order valence-corrected chi connectivity index (χ4v) is 3.76. The molecule has 2 heterocycles. The molecule has 0 saturated heterocycles. The minimum absolute atomic E-state index is 0.0196. The summed E-state index contributed by atoms with van der Waals surface area (Å²) in [5.74, 6) is 0.426. The van der Waals surface area contributed by atoms with Gasteiger partial charge in [0.25, 0.3) is 5.91 Å². The highest BCUT2D eigenvalue weighted by atomic mass is 32.1. The van der Waals surface area contributed by atoms with E-state index in [1.54, 1.807) is 11.0 Å². The van der Waals surface area contributed by atoms with Gasteiger partial charge in [-0.2, -0.15) is 0 Å². The van der Waals surface area contributed by atoms with E-state index >= 15 is 0 Å². The monoisotopic (exact) mass is 375 g/mol. The molecule has 0 aliphatic rings. The van der Waals surface area contributed by atoms with Gasteiger partial charge in [-0.25, -0.2) is 14.4 Å². The summed E-state index contributed by atoms with van der Waals surface area (Å²) < 4.78 is 13.3. The van der Waals surface area contributed by atoms with E-state index in [2.05, 4.69) is 20.3 Å². The van der Waals surface area contributed by atoms with Crippen molar-refractivity contribution in [2.75, 3.05) is 25.0 Å². The fraction of sp³-hybridized carbons (Fsp3) is 0.389. The highest BCUT2D eigenvalue weighted by Crippen LogP contribution is 2.24. The van der Waals surface area contributed by atoms with Crippen molar-refractivity contribution in [1.29, 1.82) is 0 Å². The maximum atomic E-state index is 13.3. The number of hydrogen-bond donors (Lipinski definition) is 2. The predicted molar refractivity (Wildman–Crippen MR) is 102 cm³/mol. The average molecular weight is 375 g/mol. The van der Waals surface area contributed by atoms with E-state index in [9.17, 15) is 9.18 Å². The number of benzene rings is 1. The Balaban J connectivity index is 1.71. The molecule has 8 heteroatoms. The van der Waals surface area contributed by atoms with Gasteiger partial charge in [0.2, 0.25) is 0 Å². The first-order chi connectivity index (χ1) is 12.5. The first-order valence-corrected chi connectivity index (χ1v) is 9.48. The maximum absolute atomic E-state index is 13.3. The molecule has 0 fully saturated rings. The van der Waals surface area contributed by atoms with Gasteiger partial charge >= 0.3 is 0 Å². The molecule has 0 saturated carbocycles. The number of rotatable bonds is 7. The molecule has 26 heavy (non-hydrogen) atoms. The van der Waals surface area contributed by atoms with Crippen molar-refractivity contribution in [2.45, 2.75) is 27.2 Å². The number of imidazole rings is 1. The number of nitrogens with zero attached hydrogens (tertiary/aromatic N) is 3. The number of aromatic amines is 1. The maximum Gasteiger partial charge on any atom is 0.265 e. The number of nitrogens with one attached hydrogen (secondary N) is 2. The van der Waals surface area contributed by atoms with E-state index in [0.717, 1.165) is 28.7 Å². The molecule has 2 N–H and O–H groups in total. The number of aromatic nitrogens is 3. The summed E-state index contributed by atoms with van der Waals surface area (Å²) in [6.07, 6.45) is 0.577. The van der Waals surface area contributed by atoms with Crippen LogP contribution in [-0.4, -0.2) is 45.4 Å². The van der Waals surface area contributed by atoms with E-state index in [1.807, 2.05) is 20.8 Å². The molecule has 0 unspecified atom stereocenters. The van der Waals surface area contributed by atoms with Crippen LogP contribution in [0.25, 0.3) is 11.0 Å². The van der Waals surface area contributed by atoms with Crippen LogP contribution in [0.4, 0.5) is 9.52 Å². The molecule has 3 rings (SSSR count). The van der Waals surface area contributed by atoms with E-state index < -0.39 is 0 Å². The van der Waals surface area contributed by atoms with Crippen LogP contribution in [0.5, 0.6) is 0 Å². The second-order valence-electron chi connectivity index (χ2n) is 5.94. The summed E-state index contributed by atoms with van der Waals surface area (Å²) in [4.78, 5) is 27.3. The van der Waals surface area contributed by atoms with Crippen molar-refractivity contribution in [3.8, 4) is 0 Å². The minimum Gasteiger partial charge on any atom is -0.362 e. The standard InChI is InChI=1S/C18H22FN5OS/c1-4-20-18-21-11(3)16(26-18)17(25)24(5-2)9-8-15-22-13-7-6-12(19)10-14(13)23-15/h6-7,10H,4-5,8-9H2,1-3H3,(H,20,21)(H,22,23). The summed E-state index contributed by atoms with van der Waals surface area (Å²) in [6.45, 7) is 7.70. The Morgan fingerprint density at radius 3 is 2.88 bits per heavy atom. The van der Waals surface area contributed by atoms with Crippen molar-refractivity contribution in [3.63, 3.8) is 0 Å². The van der Waals surface area contributed by atoms with E-state index in [0.29, 0.717) is 29.9 Å². The highest BCUT2D eigenvalue weighted by Gasteiger charge is 2.20. The van der Waals surface area contributed by atoms with Crippen molar-refractivity contribution >= 4 is 33.4 Å². The summed E-state index contributed by atoms with van der Waals surface area (Å²) in [5, 5.41) is 3.92. The summed E-state index contributed by atoms with van der Waals surface area (Å²) in [5.41, 5.74) is 2.14. The molecule has 3 aromatic rings. The van der Waals surface area contributed by atoms with Gasteiger partial charge in [0.15, 0.2) is 5.13 Å². The topological polar surface area (TPSA) is 73.9 Å². The molecule has 6 nitrogen and oxygen atoms in total. The van der Waals surface area contributed by atoms with Gasteiger partial charge in [-0.3, -0.25) is 4.79 Å². The van der Waals surface area contributed by atoms with Crippen LogP contribution in [0.15, 0.2) is 18.2 Å². The van der Waals surface area contributed by atoms with E-state index in [-0.39, 0.29) is 11.7 Å². The zero-order valence-corrected chi connectivity index (χ0v) is 15.9. The van der Waals surface area contributed by atoms with Crippen LogP contribution in [0, 0.1) is 12.7 Å². The second-order valence-corrected chi connectivity index (χ2v) is 6.94. The number of hydrogen-bond acceptors (Lipinski definition) is 5. The highest BCUT2D eigenvalue weighted by molar-refractivity contribution is 7.17. The van der Waals surface area contributed by atoms with Crippen molar-refractivity contribution < 1.29 is 9.18 Å². The molecule has 0 aliphatic heterocycles. The molecule has 1 aromatic carbocycles. The third-order valence-electron chi connectivity index (χ3n) is 4.10. The number of anilines is 1. The molecule has 0 radical (unpaired) electrons. The Morgan fingerprint density at radius 2 is 2.15 bits per heavy atom. The Bertz CT molecular complexity index is 920. The van der Waals surface area contributed by atoms with Crippen LogP contribution < -0.4 is 5.32 Å². The van der Waals surface area contributed by atoms with E-state index in [4.69, 9.17) is 0 Å². The minimum atomic E-state index is -0.296. The molecule has 0 atom stereocenters. The van der Waals surface area contributed by atoms with Gasteiger partial charge in [-0.15, -0.1) is 0 Å². The average Bonchev–Trinajstić information content (AvgIpc) is 3.18. The summed E-state index contributed by atoms with van der Waals surface area (Å²) in [6, 6.07) is 4.47. The van der Waals surface area contributed by atoms with Gasteiger partial charge in [0.1, 0.15) is 16.5 Å².